The van der Waals surface area contributed by atoms with Crippen LogP contribution in [0.2, 0.25) is 0 Å². The Bertz CT molecular complexity index is 681. The van der Waals surface area contributed by atoms with E-state index in [9.17, 15) is 0 Å². The van der Waals surface area contributed by atoms with E-state index in [1.807, 2.05) is 25.1 Å². The lowest BCUT2D eigenvalue weighted by Gasteiger charge is -2.33. The lowest BCUT2D eigenvalue weighted by atomic mass is 9.96. The van der Waals surface area contributed by atoms with Gasteiger partial charge in [0.2, 0.25) is 0 Å². The normalized spacial score (nSPS) is 21.1. The maximum absolute atomic E-state index is 8.99. The van der Waals surface area contributed by atoms with Crippen LogP contribution in [0.5, 0.6) is 0 Å². The van der Waals surface area contributed by atoms with Crippen LogP contribution in [0.4, 0.5) is 5.82 Å². The molecule has 0 saturated carbocycles. The van der Waals surface area contributed by atoms with Gasteiger partial charge in [0, 0.05) is 19.0 Å². The highest BCUT2D eigenvalue weighted by Crippen LogP contribution is 2.30. The van der Waals surface area contributed by atoms with E-state index in [1.54, 1.807) is 18.5 Å². The van der Waals surface area contributed by atoms with Gasteiger partial charge < -0.3 is 10.1 Å². The van der Waals surface area contributed by atoms with Gasteiger partial charge in [-0.05, 0) is 49.6 Å². The number of nitrogens with one attached hydrogen (secondary N) is 1. The zero-order chi connectivity index (χ0) is 15.4. The first kappa shape index (κ1) is 14.5. The van der Waals surface area contributed by atoms with Crippen LogP contribution in [0, 0.1) is 18.3 Å². The fourth-order valence-electron chi connectivity index (χ4n) is 2.76. The Kier molecular flexibility index (Phi) is 4.31. The molecule has 1 N–H and O–H groups in total. The van der Waals surface area contributed by atoms with E-state index in [2.05, 4.69) is 21.4 Å². The zero-order valence-electron chi connectivity index (χ0n) is 12.5. The van der Waals surface area contributed by atoms with E-state index in [4.69, 9.17) is 10.00 Å². The summed E-state index contributed by atoms with van der Waals surface area (Å²) in [6.07, 6.45) is 5.61. The number of nitrogens with zero attached hydrogens (tertiary/aromatic N) is 3. The lowest BCUT2D eigenvalue weighted by molar-refractivity contribution is 0.00551. The Morgan fingerprint density at radius 1 is 1.27 bits per heavy atom. The van der Waals surface area contributed by atoms with Gasteiger partial charge in [-0.1, -0.05) is 0 Å². The third kappa shape index (κ3) is 3.07. The zero-order valence-corrected chi connectivity index (χ0v) is 12.5. The van der Waals surface area contributed by atoms with Gasteiger partial charge in [-0.2, -0.15) is 5.26 Å². The number of hydrogen-bond donors (Lipinski definition) is 1. The standard InChI is InChI=1S/C17H18N4O/c1-12-14(11-18)4-5-16(20-12)21-15-3-2-10-22-17(15)13-6-8-19-9-7-13/h4-9,15,17H,2-3,10H2,1H3,(H,20,21)/t15-,17+/m1/s1. The van der Waals surface area contributed by atoms with Crippen molar-refractivity contribution in [1.29, 1.82) is 5.26 Å². The van der Waals surface area contributed by atoms with Crippen molar-refractivity contribution in [2.24, 2.45) is 0 Å². The van der Waals surface area contributed by atoms with Gasteiger partial charge in [-0.15, -0.1) is 0 Å². The average molecular weight is 294 g/mol. The minimum Gasteiger partial charge on any atom is -0.371 e. The van der Waals surface area contributed by atoms with Crippen LogP contribution >= 0.6 is 0 Å². The van der Waals surface area contributed by atoms with Gasteiger partial charge >= 0.3 is 0 Å². The van der Waals surface area contributed by atoms with Crippen molar-refractivity contribution >= 4 is 5.82 Å². The van der Waals surface area contributed by atoms with Crippen molar-refractivity contribution in [3.63, 3.8) is 0 Å². The number of rotatable bonds is 3. The number of pyridine rings is 2. The summed E-state index contributed by atoms with van der Waals surface area (Å²) in [5.74, 6) is 0.783. The van der Waals surface area contributed by atoms with Gasteiger partial charge in [0.25, 0.3) is 0 Å². The molecule has 22 heavy (non-hydrogen) atoms. The van der Waals surface area contributed by atoms with Crippen LogP contribution in [0.25, 0.3) is 0 Å². The summed E-state index contributed by atoms with van der Waals surface area (Å²) >= 11 is 0. The van der Waals surface area contributed by atoms with Crippen LogP contribution in [-0.4, -0.2) is 22.6 Å². The third-order valence-electron chi connectivity index (χ3n) is 3.90. The van der Waals surface area contributed by atoms with Gasteiger partial charge in [0.05, 0.1) is 17.3 Å². The Labute approximate surface area is 130 Å². The van der Waals surface area contributed by atoms with Crippen molar-refractivity contribution in [1.82, 2.24) is 9.97 Å². The van der Waals surface area contributed by atoms with Crippen molar-refractivity contribution in [3.05, 3.63) is 53.5 Å². The third-order valence-corrected chi connectivity index (χ3v) is 3.90. The summed E-state index contributed by atoms with van der Waals surface area (Å²) in [6.45, 7) is 2.62. The van der Waals surface area contributed by atoms with E-state index in [0.717, 1.165) is 36.5 Å². The number of ether oxygens (including phenoxy) is 1. The van der Waals surface area contributed by atoms with E-state index >= 15 is 0 Å². The minimum absolute atomic E-state index is 0.00509. The summed E-state index contributed by atoms with van der Waals surface area (Å²) in [6, 6.07) is 9.93. The van der Waals surface area contributed by atoms with Crippen molar-refractivity contribution in [2.75, 3.05) is 11.9 Å². The Morgan fingerprint density at radius 3 is 2.82 bits per heavy atom. The highest BCUT2D eigenvalue weighted by Gasteiger charge is 2.27. The first-order chi connectivity index (χ1) is 10.8. The molecule has 2 aromatic rings. The Balaban J connectivity index is 1.80. The molecule has 112 valence electrons. The number of anilines is 1. The van der Waals surface area contributed by atoms with Crippen LogP contribution < -0.4 is 5.32 Å². The molecule has 0 aromatic carbocycles. The van der Waals surface area contributed by atoms with Crippen LogP contribution in [0.3, 0.4) is 0 Å². The SMILES string of the molecule is Cc1nc(N[C@@H]2CCCO[C@H]2c2ccncc2)ccc1C#N. The molecule has 3 rings (SSSR count). The van der Waals surface area contributed by atoms with Crippen molar-refractivity contribution in [3.8, 4) is 6.07 Å². The van der Waals surface area contributed by atoms with Crippen molar-refractivity contribution in [2.45, 2.75) is 31.9 Å². The molecular weight excluding hydrogens is 276 g/mol. The second-order valence-electron chi connectivity index (χ2n) is 5.41. The van der Waals surface area contributed by atoms with Gasteiger partial charge in [-0.3, -0.25) is 4.98 Å². The van der Waals surface area contributed by atoms with E-state index in [0.29, 0.717) is 5.56 Å². The van der Waals surface area contributed by atoms with Crippen LogP contribution in [-0.2, 0) is 4.74 Å². The molecular formula is C17H18N4O. The Morgan fingerprint density at radius 2 is 2.09 bits per heavy atom. The molecule has 5 heteroatoms. The van der Waals surface area contributed by atoms with Gasteiger partial charge in [0.15, 0.2) is 0 Å². The summed E-state index contributed by atoms with van der Waals surface area (Å²) in [4.78, 5) is 8.53. The molecule has 1 fully saturated rings. The molecule has 2 atom stereocenters. The first-order valence-electron chi connectivity index (χ1n) is 7.44. The van der Waals surface area contributed by atoms with Crippen LogP contribution in [0.15, 0.2) is 36.7 Å². The van der Waals surface area contributed by atoms with E-state index < -0.39 is 0 Å². The molecule has 0 unspecified atom stereocenters. The molecule has 0 spiro atoms. The monoisotopic (exact) mass is 294 g/mol. The lowest BCUT2D eigenvalue weighted by Crippen LogP contribution is -2.34. The molecule has 1 aliphatic rings. The maximum atomic E-state index is 8.99. The molecule has 1 aliphatic heterocycles. The molecule has 2 aromatic heterocycles. The first-order valence-corrected chi connectivity index (χ1v) is 7.44. The highest BCUT2D eigenvalue weighted by molar-refractivity contribution is 5.44. The largest absolute Gasteiger partial charge is 0.371 e. The summed E-state index contributed by atoms with van der Waals surface area (Å²) in [5.41, 5.74) is 2.47. The summed E-state index contributed by atoms with van der Waals surface area (Å²) in [5, 5.41) is 12.4. The minimum atomic E-state index is -0.00509. The average Bonchev–Trinajstić information content (AvgIpc) is 2.56. The molecule has 0 aliphatic carbocycles. The molecule has 1 saturated heterocycles. The predicted molar refractivity (Wildman–Crippen MR) is 83.3 cm³/mol. The molecule has 5 nitrogen and oxygen atoms in total. The van der Waals surface area contributed by atoms with E-state index in [-0.39, 0.29) is 12.1 Å². The fraction of sp³-hybridized carbons (Fsp3) is 0.353. The number of aryl methyl sites for hydroxylation is 1. The molecule has 3 heterocycles. The number of nitriles is 1. The number of hydrogen-bond acceptors (Lipinski definition) is 5. The topological polar surface area (TPSA) is 70.8 Å². The van der Waals surface area contributed by atoms with Gasteiger partial charge in [0.1, 0.15) is 18.0 Å². The summed E-state index contributed by atoms with van der Waals surface area (Å²) < 4.78 is 5.95. The predicted octanol–water partition coefficient (Wildman–Crippen LogP) is 2.99. The van der Waals surface area contributed by atoms with Gasteiger partial charge in [-0.25, -0.2) is 4.98 Å². The molecule has 0 amide bonds. The smallest absolute Gasteiger partial charge is 0.126 e. The van der Waals surface area contributed by atoms with Crippen LogP contribution in [0.1, 0.15) is 35.8 Å². The second kappa shape index (κ2) is 6.54. The Hall–Kier alpha value is -2.45. The highest BCUT2D eigenvalue weighted by atomic mass is 16.5. The molecule has 0 radical (unpaired) electrons. The maximum Gasteiger partial charge on any atom is 0.126 e. The number of aromatic nitrogens is 2. The molecule has 0 bridgehead atoms. The van der Waals surface area contributed by atoms with Crippen molar-refractivity contribution < 1.29 is 4.74 Å². The second-order valence-corrected chi connectivity index (χ2v) is 5.41. The summed E-state index contributed by atoms with van der Waals surface area (Å²) in [7, 11) is 0. The fourth-order valence-corrected chi connectivity index (χ4v) is 2.76. The van der Waals surface area contributed by atoms with E-state index in [1.165, 1.54) is 0 Å². The quantitative estimate of drug-likeness (QED) is 0.942.